The molecule has 0 bridgehead atoms. The summed E-state index contributed by atoms with van der Waals surface area (Å²) in [5.41, 5.74) is 0. The molecule has 12 heavy (non-hydrogen) atoms. The minimum Gasteiger partial charge on any atom is -0.391 e. The highest BCUT2D eigenvalue weighted by Crippen LogP contribution is 2.09. The molecule has 1 unspecified atom stereocenters. The summed E-state index contributed by atoms with van der Waals surface area (Å²) in [6.07, 6.45) is 1.06. The van der Waals surface area contributed by atoms with E-state index in [2.05, 4.69) is 19.2 Å². The molecule has 0 aromatic heterocycles. The van der Waals surface area contributed by atoms with Gasteiger partial charge in [0.05, 0.1) is 6.10 Å². The van der Waals surface area contributed by atoms with Crippen molar-refractivity contribution in [3.63, 3.8) is 0 Å². The smallest absolute Gasteiger partial charge is 0.0754 e. The van der Waals surface area contributed by atoms with Gasteiger partial charge in [0, 0.05) is 12.3 Å². The molecule has 3 heteroatoms. The van der Waals surface area contributed by atoms with Crippen LogP contribution in [0.25, 0.3) is 0 Å². The fourth-order valence-corrected chi connectivity index (χ4v) is 2.03. The third-order valence-electron chi connectivity index (χ3n) is 1.59. The first-order valence-electron chi connectivity index (χ1n) is 4.57. The van der Waals surface area contributed by atoms with Crippen LogP contribution in [-0.4, -0.2) is 36.3 Å². The van der Waals surface area contributed by atoms with Crippen LogP contribution >= 0.6 is 11.8 Å². The van der Waals surface area contributed by atoms with E-state index in [1.807, 2.05) is 18.8 Å². The zero-order chi connectivity index (χ0) is 9.40. The molecule has 2 N–H and O–H groups in total. The van der Waals surface area contributed by atoms with E-state index in [9.17, 15) is 5.11 Å². The van der Waals surface area contributed by atoms with E-state index in [0.717, 1.165) is 11.7 Å². The maximum absolute atomic E-state index is 9.33. The van der Waals surface area contributed by atoms with Gasteiger partial charge in [-0.15, -0.1) is 0 Å². The first kappa shape index (κ1) is 12.3. The highest BCUT2D eigenvalue weighted by Gasteiger charge is 2.02. The number of nitrogens with one attached hydrogen (secondary N) is 1. The van der Waals surface area contributed by atoms with Gasteiger partial charge in [-0.3, -0.25) is 0 Å². The molecule has 0 amide bonds. The summed E-state index contributed by atoms with van der Waals surface area (Å²) in [5, 5.41) is 12.3. The summed E-state index contributed by atoms with van der Waals surface area (Å²) < 4.78 is 0. The lowest BCUT2D eigenvalue weighted by atomic mass is 10.2. The summed E-state index contributed by atoms with van der Waals surface area (Å²) >= 11 is 1.84. The average Bonchev–Trinajstić information content (AvgIpc) is 1.98. The van der Waals surface area contributed by atoms with Gasteiger partial charge < -0.3 is 10.4 Å². The van der Waals surface area contributed by atoms with Gasteiger partial charge in [0.25, 0.3) is 0 Å². The van der Waals surface area contributed by atoms with Gasteiger partial charge in [0.1, 0.15) is 0 Å². The number of aliphatic hydroxyl groups excluding tert-OH is 1. The molecule has 0 radical (unpaired) electrons. The molecule has 0 aromatic rings. The Morgan fingerprint density at radius 3 is 2.58 bits per heavy atom. The Labute approximate surface area is 80.1 Å². The van der Waals surface area contributed by atoms with Crippen molar-refractivity contribution in [3.8, 4) is 0 Å². The Kier molecular flexibility index (Phi) is 8.07. The molecule has 0 spiro atoms. The molecule has 2 nitrogen and oxygen atoms in total. The molecule has 0 aromatic carbocycles. The lowest BCUT2D eigenvalue weighted by Gasteiger charge is -2.09. The van der Waals surface area contributed by atoms with Crippen molar-refractivity contribution in [1.82, 2.24) is 5.32 Å². The zero-order valence-electron chi connectivity index (χ0n) is 8.34. The third-order valence-corrected chi connectivity index (χ3v) is 2.73. The largest absolute Gasteiger partial charge is 0.391 e. The Morgan fingerprint density at radius 1 is 1.42 bits per heavy atom. The Balaban J connectivity index is 3.08. The van der Waals surface area contributed by atoms with Crippen LogP contribution < -0.4 is 5.32 Å². The van der Waals surface area contributed by atoms with Crippen LogP contribution in [0.4, 0.5) is 0 Å². The zero-order valence-corrected chi connectivity index (χ0v) is 9.16. The minimum atomic E-state index is -0.188. The molecular formula is C9H21NOS. The molecule has 0 fully saturated rings. The van der Waals surface area contributed by atoms with E-state index < -0.39 is 0 Å². The van der Waals surface area contributed by atoms with Gasteiger partial charge >= 0.3 is 0 Å². The number of hydrogen-bond donors (Lipinski definition) is 2. The van der Waals surface area contributed by atoms with Crippen LogP contribution in [0.3, 0.4) is 0 Å². The molecule has 0 aliphatic carbocycles. The highest BCUT2D eigenvalue weighted by atomic mass is 32.2. The molecular weight excluding hydrogens is 170 g/mol. The number of aliphatic hydroxyl groups is 1. The van der Waals surface area contributed by atoms with E-state index in [-0.39, 0.29) is 6.10 Å². The van der Waals surface area contributed by atoms with Crippen LogP contribution in [0, 0.1) is 5.92 Å². The van der Waals surface area contributed by atoms with Crippen LogP contribution in [0.1, 0.15) is 20.3 Å². The van der Waals surface area contributed by atoms with Crippen molar-refractivity contribution in [2.45, 2.75) is 26.4 Å². The number of thioether (sulfide) groups is 1. The normalized spacial score (nSPS) is 13.8. The highest BCUT2D eigenvalue weighted by molar-refractivity contribution is 7.99. The van der Waals surface area contributed by atoms with Gasteiger partial charge in [-0.2, -0.15) is 11.8 Å². The lowest BCUT2D eigenvalue weighted by Crippen LogP contribution is -2.25. The third kappa shape index (κ3) is 8.37. The Morgan fingerprint density at radius 2 is 2.08 bits per heavy atom. The molecule has 0 aliphatic heterocycles. The van der Waals surface area contributed by atoms with Gasteiger partial charge in [-0.05, 0) is 25.1 Å². The van der Waals surface area contributed by atoms with Crippen molar-refractivity contribution in [1.29, 1.82) is 0 Å². The first-order chi connectivity index (χ1) is 5.66. The van der Waals surface area contributed by atoms with Crippen LogP contribution in [-0.2, 0) is 0 Å². The average molecular weight is 191 g/mol. The second-order valence-electron chi connectivity index (χ2n) is 3.47. The molecule has 74 valence electrons. The molecule has 0 saturated carbocycles. The van der Waals surface area contributed by atoms with Gasteiger partial charge in [-0.25, -0.2) is 0 Å². The predicted molar refractivity (Wildman–Crippen MR) is 56.7 cm³/mol. The van der Waals surface area contributed by atoms with Crippen LogP contribution in [0.2, 0.25) is 0 Å². The Bertz CT molecular complexity index is 98.5. The van der Waals surface area contributed by atoms with E-state index in [1.54, 1.807) is 0 Å². The van der Waals surface area contributed by atoms with Gasteiger partial charge in [-0.1, -0.05) is 13.8 Å². The minimum absolute atomic E-state index is 0.188. The molecule has 1 atom stereocenters. The number of rotatable bonds is 7. The van der Waals surface area contributed by atoms with Gasteiger partial charge in [0.15, 0.2) is 0 Å². The van der Waals surface area contributed by atoms with E-state index >= 15 is 0 Å². The maximum atomic E-state index is 9.33. The van der Waals surface area contributed by atoms with Crippen molar-refractivity contribution >= 4 is 11.8 Å². The van der Waals surface area contributed by atoms with Crippen LogP contribution in [0.5, 0.6) is 0 Å². The lowest BCUT2D eigenvalue weighted by molar-refractivity contribution is 0.199. The molecule has 0 aliphatic rings. The van der Waals surface area contributed by atoms with Crippen LogP contribution in [0.15, 0.2) is 0 Å². The molecule has 0 saturated heterocycles. The SMILES string of the molecule is CNCC(O)CSCCC(C)C. The Hall–Kier alpha value is 0.270. The topological polar surface area (TPSA) is 32.3 Å². The van der Waals surface area contributed by atoms with E-state index in [4.69, 9.17) is 0 Å². The molecule has 0 rings (SSSR count). The van der Waals surface area contributed by atoms with E-state index in [0.29, 0.717) is 6.54 Å². The summed E-state index contributed by atoms with van der Waals surface area (Å²) in [5.74, 6) is 2.80. The number of likely N-dealkylation sites (N-methyl/N-ethyl adjacent to an activating group) is 1. The second kappa shape index (κ2) is 7.90. The first-order valence-corrected chi connectivity index (χ1v) is 5.72. The van der Waals surface area contributed by atoms with Crippen molar-refractivity contribution in [2.75, 3.05) is 25.1 Å². The molecule has 0 heterocycles. The standard InChI is InChI=1S/C9H21NOS/c1-8(2)4-5-12-7-9(11)6-10-3/h8-11H,4-7H2,1-3H3. The van der Waals surface area contributed by atoms with E-state index in [1.165, 1.54) is 12.2 Å². The summed E-state index contributed by atoms with van der Waals surface area (Å²) in [6.45, 7) is 5.16. The fraction of sp³-hybridized carbons (Fsp3) is 1.00. The summed E-state index contributed by atoms with van der Waals surface area (Å²) in [6, 6.07) is 0. The van der Waals surface area contributed by atoms with Crippen molar-refractivity contribution in [3.05, 3.63) is 0 Å². The summed E-state index contributed by atoms with van der Waals surface area (Å²) in [7, 11) is 1.86. The summed E-state index contributed by atoms with van der Waals surface area (Å²) in [4.78, 5) is 0. The monoisotopic (exact) mass is 191 g/mol. The van der Waals surface area contributed by atoms with Crippen molar-refractivity contribution < 1.29 is 5.11 Å². The fourth-order valence-electron chi connectivity index (χ4n) is 0.833. The second-order valence-corrected chi connectivity index (χ2v) is 4.62. The number of hydrogen-bond acceptors (Lipinski definition) is 3. The predicted octanol–water partition coefficient (Wildman–Crippen LogP) is 1.35. The van der Waals surface area contributed by atoms with Gasteiger partial charge in [0.2, 0.25) is 0 Å². The maximum Gasteiger partial charge on any atom is 0.0754 e. The van der Waals surface area contributed by atoms with Crippen molar-refractivity contribution in [2.24, 2.45) is 5.92 Å². The quantitative estimate of drug-likeness (QED) is 0.596.